The minimum atomic E-state index is 0.478. The Bertz CT molecular complexity index is 635. The van der Waals surface area contributed by atoms with Gasteiger partial charge >= 0.3 is 6.01 Å². The summed E-state index contributed by atoms with van der Waals surface area (Å²) < 4.78 is 10.4. The highest BCUT2D eigenvalue weighted by Crippen LogP contribution is 2.22. The molecule has 6 heteroatoms. The topological polar surface area (TPSA) is 63.4 Å². The van der Waals surface area contributed by atoms with Crippen LogP contribution in [0.2, 0.25) is 0 Å². The van der Waals surface area contributed by atoms with Crippen LogP contribution in [0.4, 0.5) is 6.01 Å². The zero-order valence-corrected chi connectivity index (χ0v) is 15.2. The van der Waals surface area contributed by atoms with Gasteiger partial charge in [-0.2, -0.15) is 4.98 Å². The summed E-state index contributed by atoms with van der Waals surface area (Å²) in [6.45, 7) is 1.93. The third-order valence-corrected chi connectivity index (χ3v) is 4.94. The molecule has 0 unspecified atom stereocenters. The molecule has 0 radical (unpaired) electrons. The fourth-order valence-electron chi connectivity index (χ4n) is 3.38. The van der Waals surface area contributed by atoms with Crippen molar-refractivity contribution in [1.29, 1.82) is 0 Å². The van der Waals surface area contributed by atoms with Gasteiger partial charge in [-0.3, -0.25) is 0 Å². The summed E-state index contributed by atoms with van der Waals surface area (Å²) >= 11 is 0. The fourth-order valence-corrected chi connectivity index (χ4v) is 3.38. The largest absolute Gasteiger partial charge is 0.497 e. The smallest absolute Gasteiger partial charge is 0.321 e. The second-order valence-electron chi connectivity index (χ2n) is 6.70. The van der Waals surface area contributed by atoms with Crippen LogP contribution in [0.15, 0.2) is 28.8 Å². The normalized spacial score (nSPS) is 15.5. The van der Waals surface area contributed by atoms with Crippen molar-refractivity contribution >= 4 is 6.01 Å². The van der Waals surface area contributed by atoms with Crippen molar-refractivity contribution in [3.8, 4) is 17.1 Å². The van der Waals surface area contributed by atoms with Crippen molar-refractivity contribution in [1.82, 2.24) is 15.0 Å². The van der Waals surface area contributed by atoms with E-state index in [1.54, 1.807) is 7.11 Å². The van der Waals surface area contributed by atoms with E-state index in [2.05, 4.69) is 27.4 Å². The summed E-state index contributed by atoms with van der Waals surface area (Å²) in [7, 11) is 3.89. The molecular weight excluding hydrogens is 316 g/mol. The van der Waals surface area contributed by atoms with Gasteiger partial charge in [0.05, 0.1) is 7.11 Å². The molecule has 1 aromatic heterocycles. The molecule has 6 nitrogen and oxygen atoms in total. The van der Waals surface area contributed by atoms with Crippen LogP contribution in [0.5, 0.6) is 5.75 Å². The Hall–Kier alpha value is -2.08. The summed E-state index contributed by atoms with van der Waals surface area (Å²) in [5.41, 5.74) is 0.912. The molecule has 0 spiro atoms. The highest BCUT2D eigenvalue weighted by Gasteiger charge is 2.17. The molecule has 0 amide bonds. The number of nitrogens with one attached hydrogen (secondary N) is 1. The summed E-state index contributed by atoms with van der Waals surface area (Å²) in [6, 6.07) is 8.86. The Morgan fingerprint density at radius 1 is 1.20 bits per heavy atom. The highest BCUT2D eigenvalue weighted by atomic mass is 16.5. The average molecular weight is 344 g/mol. The zero-order chi connectivity index (χ0) is 17.5. The number of nitrogens with zero attached hydrogens (tertiary/aromatic N) is 3. The monoisotopic (exact) mass is 344 g/mol. The van der Waals surface area contributed by atoms with Crippen LogP contribution in [0, 0.1) is 0 Å². The zero-order valence-electron chi connectivity index (χ0n) is 15.2. The number of hydrogen-bond donors (Lipinski definition) is 1. The first-order valence-electron chi connectivity index (χ1n) is 9.18. The molecule has 1 saturated carbocycles. The first kappa shape index (κ1) is 17.7. The van der Waals surface area contributed by atoms with Crippen molar-refractivity contribution in [2.75, 3.05) is 32.6 Å². The molecule has 2 aromatic rings. The van der Waals surface area contributed by atoms with E-state index in [1.807, 2.05) is 24.3 Å². The molecule has 136 valence electrons. The summed E-state index contributed by atoms with van der Waals surface area (Å²) in [6.07, 6.45) is 7.91. The van der Waals surface area contributed by atoms with Crippen LogP contribution in [0.25, 0.3) is 11.4 Å². The number of benzene rings is 1. The first-order valence-corrected chi connectivity index (χ1v) is 9.18. The van der Waals surface area contributed by atoms with Gasteiger partial charge in [-0.15, -0.1) is 0 Å². The molecule has 1 heterocycles. The van der Waals surface area contributed by atoms with Crippen molar-refractivity contribution in [2.24, 2.45) is 0 Å². The molecule has 1 aromatic carbocycles. The van der Waals surface area contributed by atoms with Gasteiger partial charge in [-0.05, 0) is 57.1 Å². The number of hydrogen-bond acceptors (Lipinski definition) is 6. The van der Waals surface area contributed by atoms with Crippen molar-refractivity contribution in [2.45, 2.75) is 44.6 Å². The molecule has 1 fully saturated rings. The molecule has 0 saturated heterocycles. The Morgan fingerprint density at radius 3 is 2.68 bits per heavy atom. The minimum absolute atomic E-state index is 0.478. The second-order valence-corrected chi connectivity index (χ2v) is 6.70. The van der Waals surface area contributed by atoms with E-state index in [9.17, 15) is 0 Å². The molecule has 0 aliphatic heterocycles. The quantitative estimate of drug-likeness (QED) is 0.735. The number of ether oxygens (including phenoxy) is 1. The van der Waals surface area contributed by atoms with Crippen molar-refractivity contribution in [3.05, 3.63) is 24.3 Å². The van der Waals surface area contributed by atoms with Crippen molar-refractivity contribution < 1.29 is 9.26 Å². The highest BCUT2D eigenvalue weighted by molar-refractivity contribution is 5.56. The van der Waals surface area contributed by atoms with Gasteiger partial charge in [0.2, 0.25) is 5.82 Å². The van der Waals surface area contributed by atoms with Gasteiger partial charge in [0.15, 0.2) is 0 Å². The number of aromatic nitrogens is 2. The Balaban J connectivity index is 1.42. The number of methoxy groups -OCH3 is 1. The van der Waals surface area contributed by atoms with E-state index >= 15 is 0 Å². The van der Waals surface area contributed by atoms with E-state index < -0.39 is 0 Å². The lowest BCUT2D eigenvalue weighted by atomic mass is 9.94. The van der Waals surface area contributed by atoms with E-state index in [-0.39, 0.29) is 0 Å². The average Bonchev–Trinajstić information content (AvgIpc) is 3.15. The third-order valence-electron chi connectivity index (χ3n) is 4.94. The van der Waals surface area contributed by atoms with Crippen LogP contribution in [0.3, 0.4) is 0 Å². The van der Waals surface area contributed by atoms with E-state index in [1.165, 1.54) is 32.1 Å². The Morgan fingerprint density at radius 2 is 1.96 bits per heavy atom. The van der Waals surface area contributed by atoms with Gasteiger partial charge < -0.3 is 19.5 Å². The molecule has 1 aliphatic rings. The van der Waals surface area contributed by atoms with Crippen LogP contribution in [-0.4, -0.2) is 48.3 Å². The maximum atomic E-state index is 5.28. The van der Waals surface area contributed by atoms with Gasteiger partial charge in [-0.1, -0.05) is 24.4 Å². The van der Waals surface area contributed by atoms with Crippen LogP contribution in [0.1, 0.15) is 38.5 Å². The molecule has 1 aliphatic carbocycles. The van der Waals surface area contributed by atoms with Crippen LogP contribution in [-0.2, 0) is 0 Å². The van der Waals surface area contributed by atoms with Crippen molar-refractivity contribution in [3.63, 3.8) is 0 Å². The fraction of sp³-hybridized carbons (Fsp3) is 0.579. The van der Waals surface area contributed by atoms with Crippen LogP contribution >= 0.6 is 0 Å². The summed E-state index contributed by atoms with van der Waals surface area (Å²) in [5.74, 6) is 1.40. The van der Waals surface area contributed by atoms with Gasteiger partial charge in [0.1, 0.15) is 5.75 Å². The molecular formula is C19H28N4O2. The van der Waals surface area contributed by atoms with Gasteiger partial charge in [0, 0.05) is 18.2 Å². The predicted molar refractivity (Wildman–Crippen MR) is 98.9 cm³/mol. The molecule has 0 bridgehead atoms. The third kappa shape index (κ3) is 4.95. The lowest BCUT2D eigenvalue weighted by Crippen LogP contribution is -2.34. The lowest BCUT2D eigenvalue weighted by molar-refractivity contribution is 0.191. The lowest BCUT2D eigenvalue weighted by Gasteiger charge is -2.31. The number of anilines is 1. The summed E-state index contributed by atoms with van der Waals surface area (Å²) in [5, 5.41) is 7.25. The molecule has 0 atom stereocenters. The SMILES string of the molecule is COc1ccc(-c2noc(NCCCN(C)C3CCCCC3)n2)cc1. The minimum Gasteiger partial charge on any atom is -0.497 e. The molecule has 3 rings (SSSR count). The first-order chi connectivity index (χ1) is 12.3. The van der Waals surface area contributed by atoms with E-state index in [4.69, 9.17) is 9.26 Å². The van der Waals surface area contributed by atoms with Gasteiger partial charge in [-0.25, -0.2) is 0 Å². The number of rotatable bonds is 8. The maximum absolute atomic E-state index is 5.28. The predicted octanol–water partition coefficient (Wildman–Crippen LogP) is 3.81. The van der Waals surface area contributed by atoms with E-state index in [0.717, 1.165) is 36.9 Å². The van der Waals surface area contributed by atoms with Crippen LogP contribution < -0.4 is 10.1 Å². The maximum Gasteiger partial charge on any atom is 0.321 e. The van der Waals surface area contributed by atoms with Gasteiger partial charge in [0.25, 0.3) is 0 Å². The Kier molecular flexibility index (Phi) is 6.28. The molecule has 1 N–H and O–H groups in total. The standard InChI is InChI=1S/C19H28N4O2/c1-23(16-7-4-3-5-8-16)14-6-13-20-19-21-18(22-25-19)15-9-11-17(24-2)12-10-15/h9-12,16H,3-8,13-14H2,1-2H3,(H,20,21,22). The Labute approximate surface area is 149 Å². The summed E-state index contributed by atoms with van der Waals surface area (Å²) in [4.78, 5) is 6.90. The second kappa shape index (κ2) is 8.85. The molecule has 25 heavy (non-hydrogen) atoms. The van der Waals surface area contributed by atoms with E-state index in [0.29, 0.717) is 11.8 Å².